The van der Waals surface area contributed by atoms with E-state index in [-0.39, 0.29) is 11.9 Å². The zero-order chi connectivity index (χ0) is 12.7. The molecule has 0 aliphatic heterocycles. The Kier molecular flexibility index (Phi) is 5.49. The smallest absolute Gasteiger partial charge is 0.311 e. The summed E-state index contributed by atoms with van der Waals surface area (Å²) in [5.41, 5.74) is 1.20. The number of benzene rings is 1. The van der Waals surface area contributed by atoms with Crippen LogP contribution in [0.15, 0.2) is 24.3 Å². The summed E-state index contributed by atoms with van der Waals surface area (Å²) in [6, 6.07) is 7.79. The molecule has 0 radical (unpaired) electrons. The molecule has 0 heterocycles. The van der Waals surface area contributed by atoms with E-state index in [1.54, 1.807) is 6.92 Å². The van der Waals surface area contributed by atoms with Crippen molar-refractivity contribution < 1.29 is 14.3 Å². The monoisotopic (exact) mass is 237 g/mol. The third-order valence-electron chi connectivity index (χ3n) is 2.41. The first-order valence-corrected chi connectivity index (χ1v) is 5.61. The predicted octanol–water partition coefficient (Wildman–Crippen LogP) is 1.59. The fourth-order valence-corrected chi connectivity index (χ4v) is 1.40. The van der Waals surface area contributed by atoms with Gasteiger partial charge in [0.2, 0.25) is 0 Å². The number of hydrogen-bond acceptors (Lipinski definition) is 4. The third-order valence-corrected chi connectivity index (χ3v) is 2.41. The normalized spacial score (nSPS) is 11.9. The van der Waals surface area contributed by atoms with E-state index in [1.165, 1.54) is 12.7 Å². The lowest BCUT2D eigenvalue weighted by Crippen LogP contribution is -2.19. The van der Waals surface area contributed by atoms with Crippen LogP contribution < -0.4 is 10.1 Å². The highest BCUT2D eigenvalue weighted by atomic mass is 16.5. The Hall–Kier alpha value is -1.55. The second-order valence-electron chi connectivity index (χ2n) is 3.91. The Balaban J connectivity index is 2.44. The lowest BCUT2D eigenvalue weighted by molar-refractivity contribution is -0.145. The van der Waals surface area contributed by atoms with Crippen molar-refractivity contribution in [3.63, 3.8) is 0 Å². The molecule has 0 aliphatic rings. The van der Waals surface area contributed by atoms with Crippen molar-refractivity contribution in [2.24, 2.45) is 5.92 Å². The molecule has 0 aromatic heterocycles. The van der Waals surface area contributed by atoms with Crippen molar-refractivity contribution in [1.82, 2.24) is 5.32 Å². The highest BCUT2D eigenvalue weighted by molar-refractivity contribution is 5.71. The minimum absolute atomic E-state index is 0.253. The molecule has 0 aliphatic carbocycles. The number of esters is 1. The van der Waals surface area contributed by atoms with Crippen LogP contribution in [0.1, 0.15) is 12.5 Å². The zero-order valence-electron chi connectivity index (χ0n) is 10.5. The summed E-state index contributed by atoms with van der Waals surface area (Å²) in [6.07, 6.45) is 0. The molecule has 4 nitrogen and oxygen atoms in total. The largest absolute Gasteiger partial charge is 0.493 e. The fourth-order valence-electron chi connectivity index (χ4n) is 1.40. The highest BCUT2D eigenvalue weighted by Crippen LogP contribution is 2.13. The van der Waals surface area contributed by atoms with E-state index >= 15 is 0 Å². The molecule has 0 saturated carbocycles. The Bertz CT molecular complexity index is 348. The highest BCUT2D eigenvalue weighted by Gasteiger charge is 2.13. The SMILES string of the molecule is CNCc1ccc(OCC(C)C(=O)OC)cc1. The Morgan fingerprint density at radius 1 is 1.35 bits per heavy atom. The summed E-state index contributed by atoms with van der Waals surface area (Å²) in [4.78, 5) is 11.2. The van der Waals surface area contributed by atoms with Crippen LogP contribution in [-0.4, -0.2) is 26.7 Å². The van der Waals surface area contributed by atoms with Gasteiger partial charge in [-0.15, -0.1) is 0 Å². The molecule has 1 rings (SSSR count). The number of carbonyl (C=O) groups is 1. The van der Waals surface area contributed by atoms with Crippen LogP contribution in [0.4, 0.5) is 0 Å². The van der Waals surface area contributed by atoms with Gasteiger partial charge in [-0.1, -0.05) is 12.1 Å². The molecule has 0 amide bonds. The molecule has 1 aromatic carbocycles. The lowest BCUT2D eigenvalue weighted by atomic mass is 10.2. The van der Waals surface area contributed by atoms with Crippen molar-refractivity contribution in [2.75, 3.05) is 20.8 Å². The van der Waals surface area contributed by atoms with Gasteiger partial charge in [-0.25, -0.2) is 0 Å². The lowest BCUT2D eigenvalue weighted by Gasteiger charge is -2.11. The fraction of sp³-hybridized carbons (Fsp3) is 0.462. The van der Waals surface area contributed by atoms with Crippen LogP contribution in [-0.2, 0) is 16.1 Å². The summed E-state index contributed by atoms with van der Waals surface area (Å²) in [5.74, 6) is 0.259. The van der Waals surface area contributed by atoms with E-state index in [0.717, 1.165) is 12.3 Å². The average Bonchev–Trinajstić information content (AvgIpc) is 2.37. The van der Waals surface area contributed by atoms with E-state index in [1.807, 2.05) is 31.3 Å². The van der Waals surface area contributed by atoms with Crippen LogP contribution in [0, 0.1) is 5.92 Å². The van der Waals surface area contributed by atoms with E-state index in [9.17, 15) is 4.79 Å². The van der Waals surface area contributed by atoms with Gasteiger partial charge in [0, 0.05) is 6.54 Å². The van der Waals surface area contributed by atoms with Gasteiger partial charge >= 0.3 is 5.97 Å². The molecule has 1 aromatic rings. The van der Waals surface area contributed by atoms with Gasteiger partial charge in [-0.3, -0.25) is 4.79 Å². The number of carbonyl (C=O) groups excluding carboxylic acids is 1. The summed E-state index contributed by atoms with van der Waals surface area (Å²) in [5, 5.41) is 3.07. The molecule has 1 unspecified atom stereocenters. The topological polar surface area (TPSA) is 47.6 Å². The van der Waals surface area contributed by atoms with Gasteiger partial charge in [0.25, 0.3) is 0 Å². The van der Waals surface area contributed by atoms with Crippen molar-refractivity contribution in [3.05, 3.63) is 29.8 Å². The van der Waals surface area contributed by atoms with E-state index in [0.29, 0.717) is 6.61 Å². The molecule has 0 fully saturated rings. The van der Waals surface area contributed by atoms with Crippen molar-refractivity contribution in [3.8, 4) is 5.75 Å². The van der Waals surface area contributed by atoms with E-state index in [2.05, 4.69) is 10.1 Å². The van der Waals surface area contributed by atoms with Gasteiger partial charge in [0.05, 0.1) is 13.0 Å². The third kappa shape index (κ3) is 4.44. The molecule has 0 bridgehead atoms. The number of nitrogens with one attached hydrogen (secondary N) is 1. The molecular formula is C13H19NO3. The summed E-state index contributed by atoms with van der Waals surface area (Å²) in [6.45, 7) is 2.94. The molecule has 0 saturated heterocycles. The second kappa shape index (κ2) is 6.91. The van der Waals surface area contributed by atoms with E-state index < -0.39 is 0 Å². The number of ether oxygens (including phenoxy) is 2. The van der Waals surface area contributed by atoms with Crippen molar-refractivity contribution in [2.45, 2.75) is 13.5 Å². The standard InChI is InChI=1S/C13H19NO3/c1-10(13(15)16-3)9-17-12-6-4-11(5-7-12)8-14-2/h4-7,10,14H,8-9H2,1-3H3. The number of methoxy groups -OCH3 is 1. The Morgan fingerprint density at radius 2 is 2.00 bits per heavy atom. The van der Waals surface area contributed by atoms with Gasteiger partial charge in [-0.05, 0) is 31.7 Å². The minimum Gasteiger partial charge on any atom is -0.493 e. The molecule has 1 N–H and O–H groups in total. The van der Waals surface area contributed by atoms with Gasteiger partial charge < -0.3 is 14.8 Å². The maximum atomic E-state index is 11.2. The molecule has 1 atom stereocenters. The maximum Gasteiger partial charge on any atom is 0.311 e. The van der Waals surface area contributed by atoms with Crippen LogP contribution in [0.5, 0.6) is 5.75 Å². The van der Waals surface area contributed by atoms with Crippen LogP contribution in [0.25, 0.3) is 0 Å². The summed E-state index contributed by atoms with van der Waals surface area (Å²) >= 11 is 0. The van der Waals surface area contributed by atoms with Crippen LogP contribution in [0.3, 0.4) is 0 Å². The average molecular weight is 237 g/mol. The Morgan fingerprint density at radius 3 is 2.53 bits per heavy atom. The molecule has 0 spiro atoms. The first kappa shape index (κ1) is 13.5. The summed E-state index contributed by atoms with van der Waals surface area (Å²) < 4.78 is 10.1. The number of hydrogen-bond donors (Lipinski definition) is 1. The van der Waals surface area contributed by atoms with Gasteiger partial charge in [0.1, 0.15) is 12.4 Å². The zero-order valence-corrected chi connectivity index (χ0v) is 10.5. The first-order valence-electron chi connectivity index (χ1n) is 5.61. The summed E-state index contributed by atoms with van der Waals surface area (Å²) in [7, 11) is 3.29. The second-order valence-corrected chi connectivity index (χ2v) is 3.91. The van der Waals surface area contributed by atoms with Gasteiger partial charge in [-0.2, -0.15) is 0 Å². The van der Waals surface area contributed by atoms with Gasteiger partial charge in [0.15, 0.2) is 0 Å². The quantitative estimate of drug-likeness (QED) is 0.763. The molecular weight excluding hydrogens is 218 g/mol. The van der Waals surface area contributed by atoms with E-state index in [4.69, 9.17) is 4.74 Å². The van der Waals surface area contributed by atoms with Crippen molar-refractivity contribution >= 4 is 5.97 Å². The first-order chi connectivity index (χ1) is 8.17. The van der Waals surface area contributed by atoms with Crippen LogP contribution in [0.2, 0.25) is 0 Å². The van der Waals surface area contributed by atoms with Crippen molar-refractivity contribution in [1.29, 1.82) is 0 Å². The molecule has 17 heavy (non-hydrogen) atoms. The molecule has 94 valence electrons. The minimum atomic E-state index is -0.253. The van der Waals surface area contributed by atoms with Crippen LogP contribution >= 0.6 is 0 Å². The molecule has 4 heteroatoms. The maximum absolute atomic E-state index is 11.2. The number of rotatable bonds is 6. The Labute approximate surface area is 102 Å². The predicted molar refractivity (Wildman–Crippen MR) is 65.9 cm³/mol.